The van der Waals surface area contributed by atoms with E-state index in [1.807, 2.05) is 48.2 Å². The van der Waals surface area contributed by atoms with Gasteiger partial charge in [0.15, 0.2) is 0 Å². The molecule has 0 unspecified atom stereocenters. The van der Waals surface area contributed by atoms with E-state index in [2.05, 4.69) is 36.1 Å². The smallest absolute Gasteiger partial charge is 0.110 e. The van der Waals surface area contributed by atoms with Crippen LogP contribution in [0.2, 0.25) is 0 Å². The summed E-state index contributed by atoms with van der Waals surface area (Å²) in [7, 11) is 0. The van der Waals surface area contributed by atoms with E-state index < -0.39 is 0 Å². The van der Waals surface area contributed by atoms with Crippen molar-refractivity contribution in [1.29, 1.82) is 0 Å². The Labute approximate surface area is 124 Å². The molecular formula is C18H16OS. The number of rotatable bonds is 4. The summed E-state index contributed by atoms with van der Waals surface area (Å²) < 4.78 is 5.70. The van der Waals surface area contributed by atoms with Gasteiger partial charge >= 0.3 is 0 Å². The van der Waals surface area contributed by atoms with Gasteiger partial charge in [-0.2, -0.15) is 0 Å². The normalized spacial score (nSPS) is 20.0. The monoisotopic (exact) mass is 280 g/mol. The van der Waals surface area contributed by atoms with Crippen molar-refractivity contribution in [3.05, 3.63) is 71.8 Å². The second-order valence-corrected chi connectivity index (χ2v) is 5.72. The molecule has 1 saturated heterocycles. The highest BCUT2D eigenvalue weighted by atomic mass is 32.2. The summed E-state index contributed by atoms with van der Waals surface area (Å²) in [5.74, 6) is 8.24. The molecule has 2 heteroatoms. The van der Waals surface area contributed by atoms with Crippen molar-refractivity contribution in [3.63, 3.8) is 0 Å². The minimum atomic E-state index is 0.297. The number of hydrogen-bond donors (Lipinski definition) is 0. The fourth-order valence-corrected chi connectivity index (χ4v) is 2.87. The van der Waals surface area contributed by atoms with E-state index >= 15 is 0 Å². The summed E-state index contributed by atoms with van der Waals surface area (Å²) in [6.07, 6.45) is 0.659. The van der Waals surface area contributed by atoms with E-state index in [1.165, 1.54) is 5.56 Å². The van der Waals surface area contributed by atoms with E-state index in [4.69, 9.17) is 4.74 Å². The molecule has 0 aliphatic carbocycles. The van der Waals surface area contributed by atoms with Crippen molar-refractivity contribution >= 4 is 11.8 Å². The van der Waals surface area contributed by atoms with Crippen molar-refractivity contribution in [2.24, 2.45) is 0 Å². The molecule has 3 rings (SSSR count). The molecule has 0 spiro atoms. The van der Waals surface area contributed by atoms with Crippen molar-refractivity contribution in [2.45, 2.75) is 12.2 Å². The molecule has 0 bridgehead atoms. The lowest BCUT2D eigenvalue weighted by molar-refractivity contribution is 0.385. The molecule has 1 aliphatic rings. The summed E-state index contributed by atoms with van der Waals surface area (Å²) in [5.41, 5.74) is 2.37. The first kappa shape index (κ1) is 13.3. The highest BCUT2D eigenvalue weighted by Gasteiger charge is 2.39. The standard InChI is InChI=1S/C18H16OS/c1-3-8-15(9-4-1)10-7-13-20-14-17-18(19-17)16-11-5-2-6-12-16/h1-6,8-9,11-12,17-18H,13-14H2/t17-,18-/m1/s1. The molecule has 0 saturated carbocycles. The third kappa shape index (κ3) is 3.66. The van der Waals surface area contributed by atoms with Gasteiger partial charge in [-0.05, 0) is 17.7 Å². The second kappa shape index (κ2) is 6.65. The average Bonchev–Trinajstić information content (AvgIpc) is 3.28. The molecule has 1 aliphatic heterocycles. The Balaban J connectivity index is 1.39. The summed E-state index contributed by atoms with van der Waals surface area (Å²) >= 11 is 1.84. The van der Waals surface area contributed by atoms with Gasteiger partial charge < -0.3 is 4.74 Å². The molecule has 1 nitrogen and oxygen atoms in total. The Morgan fingerprint density at radius 2 is 1.65 bits per heavy atom. The first-order chi connectivity index (χ1) is 9.93. The lowest BCUT2D eigenvalue weighted by Crippen LogP contribution is -1.93. The number of benzene rings is 2. The molecule has 0 amide bonds. The molecule has 20 heavy (non-hydrogen) atoms. The van der Waals surface area contributed by atoms with Gasteiger partial charge in [-0.25, -0.2) is 0 Å². The third-order valence-corrected chi connectivity index (χ3v) is 4.09. The zero-order chi connectivity index (χ0) is 13.6. The topological polar surface area (TPSA) is 12.5 Å². The first-order valence-electron chi connectivity index (χ1n) is 6.75. The summed E-state index contributed by atoms with van der Waals surface area (Å²) in [4.78, 5) is 0. The molecule has 1 heterocycles. The fraction of sp³-hybridized carbons (Fsp3) is 0.222. The van der Waals surface area contributed by atoms with E-state index in [0.29, 0.717) is 12.2 Å². The maximum absolute atomic E-state index is 5.70. The van der Waals surface area contributed by atoms with Gasteiger partial charge in [0, 0.05) is 11.3 Å². The molecular weight excluding hydrogens is 264 g/mol. The van der Waals surface area contributed by atoms with Gasteiger partial charge in [-0.1, -0.05) is 60.4 Å². The van der Waals surface area contributed by atoms with Gasteiger partial charge in [0.2, 0.25) is 0 Å². The molecule has 0 radical (unpaired) electrons. The predicted molar refractivity (Wildman–Crippen MR) is 84.7 cm³/mol. The van der Waals surface area contributed by atoms with Crippen LogP contribution in [0.15, 0.2) is 60.7 Å². The van der Waals surface area contributed by atoms with Crippen molar-refractivity contribution < 1.29 is 4.74 Å². The van der Waals surface area contributed by atoms with Gasteiger partial charge in [-0.3, -0.25) is 0 Å². The van der Waals surface area contributed by atoms with Crippen LogP contribution in [0.1, 0.15) is 17.2 Å². The van der Waals surface area contributed by atoms with E-state index in [1.54, 1.807) is 0 Å². The van der Waals surface area contributed by atoms with E-state index in [-0.39, 0.29) is 0 Å². The van der Waals surface area contributed by atoms with Crippen molar-refractivity contribution in [2.75, 3.05) is 11.5 Å². The summed E-state index contributed by atoms with van der Waals surface area (Å²) in [6.45, 7) is 0. The molecule has 2 aromatic rings. The van der Waals surface area contributed by atoms with Gasteiger partial charge in [0.1, 0.15) is 6.10 Å². The minimum Gasteiger partial charge on any atom is -0.364 e. The number of epoxide rings is 1. The lowest BCUT2D eigenvalue weighted by atomic mass is 10.1. The first-order valence-corrected chi connectivity index (χ1v) is 7.91. The van der Waals surface area contributed by atoms with Crippen LogP contribution in [0.3, 0.4) is 0 Å². The molecule has 2 atom stereocenters. The number of ether oxygens (including phenoxy) is 1. The highest BCUT2D eigenvalue weighted by Crippen LogP contribution is 2.40. The Kier molecular flexibility index (Phi) is 4.42. The van der Waals surface area contributed by atoms with E-state index in [9.17, 15) is 0 Å². The Morgan fingerprint density at radius 1 is 0.950 bits per heavy atom. The quantitative estimate of drug-likeness (QED) is 0.478. The third-order valence-electron chi connectivity index (χ3n) is 3.17. The highest BCUT2D eigenvalue weighted by molar-refractivity contribution is 7.99. The molecule has 0 N–H and O–H groups in total. The SMILES string of the molecule is C(#Cc1ccccc1)CSC[C@H]1O[C@@H]1c1ccccc1. The van der Waals surface area contributed by atoms with Crippen molar-refractivity contribution in [1.82, 2.24) is 0 Å². The van der Waals surface area contributed by atoms with Crippen LogP contribution in [-0.4, -0.2) is 17.6 Å². The summed E-state index contributed by atoms with van der Waals surface area (Å²) in [6, 6.07) is 20.5. The molecule has 1 fully saturated rings. The molecule has 100 valence electrons. The maximum atomic E-state index is 5.70. The fourth-order valence-electron chi connectivity index (χ4n) is 2.09. The lowest BCUT2D eigenvalue weighted by Gasteiger charge is -1.94. The second-order valence-electron chi connectivity index (χ2n) is 4.69. The van der Waals surface area contributed by atoms with Crippen LogP contribution in [0, 0.1) is 11.8 Å². The Bertz CT molecular complexity index is 598. The Hall–Kier alpha value is -1.69. The van der Waals surface area contributed by atoms with Crippen LogP contribution in [0.5, 0.6) is 0 Å². The molecule has 0 aromatic heterocycles. The number of thioether (sulfide) groups is 1. The van der Waals surface area contributed by atoms with E-state index in [0.717, 1.165) is 17.1 Å². The van der Waals surface area contributed by atoms with Crippen molar-refractivity contribution in [3.8, 4) is 11.8 Å². The average molecular weight is 280 g/mol. The predicted octanol–water partition coefficient (Wildman–Crippen LogP) is 3.91. The van der Waals surface area contributed by atoms with Gasteiger partial charge in [0.25, 0.3) is 0 Å². The largest absolute Gasteiger partial charge is 0.364 e. The Morgan fingerprint density at radius 3 is 2.40 bits per heavy atom. The van der Waals surface area contributed by atoms with Crippen LogP contribution in [-0.2, 0) is 4.74 Å². The maximum Gasteiger partial charge on any atom is 0.110 e. The minimum absolute atomic E-state index is 0.297. The van der Waals surface area contributed by atoms with Gasteiger partial charge in [0.05, 0.1) is 11.9 Å². The van der Waals surface area contributed by atoms with Crippen LogP contribution >= 0.6 is 11.8 Å². The van der Waals surface area contributed by atoms with Gasteiger partial charge in [-0.15, -0.1) is 11.8 Å². The number of hydrogen-bond acceptors (Lipinski definition) is 2. The zero-order valence-corrected chi connectivity index (χ0v) is 12.0. The van der Waals surface area contributed by atoms with Crippen LogP contribution in [0.4, 0.5) is 0 Å². The molecule has 2 aromatic carbocycles. The summed E-state index contributed by atoms with van der Waals surface area (Å²) in [5, 5.41) is 0. The zero-order valence-electron chi connectivity index (χ0n) is 11.2. The van der Waals surface area contributed by atoms with Crippen LogP contribution in [0.25, 0.3) is 0 Å². The van der Waals surface area contributed by atoms with Crippen LogP contribution < -0.4 is 0 Å².